The van der Waals surface area contributed by atoms with Gasteiger partial charge >= 0.3 is 0 Å². The van der Waals surface area contributed by atoms with Gasteiger partial charge in [-0.05, 0) is 53.4 Å². The maximum absolute atomic E-state index is 9.36. The highest BCUT2D eigenvalue weighted by molar-refractivity contribution is 9.10. The van der Waals surface area contributed by atoms with E-state index in [1.165, 1.54) is 5.56 Å². The molecule has 2 nitrogen and oxygen atoms in total. The molecule has 16 heavy (non-hydrogen) atoms. The zero-order valence-electron chi connectivity index (χ0n) is 10.2. The first-order valence-electron chi connectivity index (χ1n) is 5.55. The van der Waals surface area contributed by atoms with Crippen molar-refractivity contribution in [2.45, 2.75) is 46.3 Å². The highest BCUT2D eigenvalue weighted by atomic mass is 79.9. The van der Waals surface area contributed by atoms with Crippen LogP contribution in [0, 0.1) is 0 Å². The summed E-state index contributed by atoms with van der Waals surface area (Å²) in [6.07, 6.45) is 0.103. The van der Waals surface area contributed by atoms with Gasteiger partial charge in [0.15, 0.2) is 0 Å². The Labute approximate surface area is 106 Å². The normalized spacial score (nSPS) is 11.2. The Bertz CT molecular complexity index is 359. The SMILES string of the molecule is CC(C)Oc1c(Br)cc(C(C)C)cc1CO. The third-order valence-corrected chi connectivity index (χ3v) is 2.92. The Morgan fingerprint density at radius 3 is 2.31 bits per heavy atom. The fourth-order valence-electron chi connectivity index (χ4n) is 1.49. The Morgan fingerprint density at radius 1 is 1.25 bits per heavy atom. The molecule has 90 valence electrons. The molecule has 0 saturated carbocycles. The van der Waals surface area contributed by atoms with Crippen LogP contribution in [0.15, 0.2) is 16.6 Å². The molecule has 0 aliphatic carbocycles. The van der Waals surface area contributed by atoms with Crippen LogP contribution < -0.4 is 4.74 Å². The van der Waals surface area contributed by atoms with Crippen molar-refractivity contribution in [2.75, 3.05) is 0 Å². The van der Waals surface area contributed by atoms with Gasteiger partial charge in [-0.2, -0.15) is 0 Å². The van der Waals surface area contributed by atoms with Crippen molar-refractivity contribution >= 4 is 15.9 Å². The van der Waals surface area contributed by atoms with E-state index >= 15 is 0 Å². The summed E-state index contributed by atoms with van der Waals surface area (Å²) in [5, 5.41) is 9.36. The van der Waals surface area contributed by atoms with Crippen LogP contribution in [0.2, 0.25) is 0 Å². The molecule has 0 aliphatic rings. The van der Waals surface area contributed by atoms with Gasteiger partial charge in [0.2, 0.25) is 0 Å². The molecular weight excluding hydrogens is 268 g/mol. The van der Waals surface area contributed by atoms with E-state index in [-0.39, 0.29) is 12.7 Å². The molecule has 0 amide bonds. The first kappa shape index (κ1) is 13.5. The Kier molecular flexibility index (Phi) is 4.81. The molecule has 1 aromatic carbocycles. The molecule has 0 bridgehead atoms. The van der Waals surface area contributed by atoms with E-state index in [1.807, 2.05) is 19.9 Å². The predicted molar refractivity (Wildman–Crippen MR) is 69.9 cm³/mol. The Balaban J connectivity index is 3.17. The lowest BCUT2D eigenvalue weighted by molar-refractivity contribution is 0.224. The van der Waals surface area contributed by atoms with Gasteiger partial charge < -0.3 is 9.84 Å². The predicted octanol–water partition coefficient (Wildman–Crippen LogP) is 3.85. The first-order chi connectivity index (χ1) is 7.45. The van der Waals surface area contributed by atoms with Gasteiger partial charge in [-0.25, -0.2) is 0 Å². The average Bonchev–Trinajstić information content (AvgIpc) is 2.19. The molecular formula is C13H19BrO2. The van der Waals surface area contributed by atoms with Crippen LogP contribution in [-0.2, 0) is 6.61 Å². The lowest BCUT2D eigenvalue weighted by Crippen LogP contribution is -2.09. The van der Waals surface area contributed by atoms with Crippen LogP contribution in [0.4, 0.5) is 0 Å². The highest BCUT2D eigenvalue weighted by Crippen LogP contribution is 2.34. The van der Waals surface area contributed by atoms with Crippen molar-refractivity contribution in [3.8, 4) is 5.75 Å². The maximum Gasteiger partial charge on any atom is 0.139 e. The van der Waals surface area contributed by atoms with E-state index in [2.05, 4.69) is 35.8 Å². The van der Waals surface area contributed by atoms with Gasteiger partial charge in [-0.1, -0.05) is 13.8 Å². The molecule has 0 unspecified atom stereocenters. The molecule has 0 saturated heterocycles. The largest absolute Gasteiger partial charge is 0.489 e. The van der Waals surface area contributed by atoms with Crippen molar-refractivity contribution < 1.29 is 9.84 Å². The lowest BCUT2D eigenvalue weighted by atomic mass is 10.0. The molecule has 0 spiro atoms. The topological polar surface area (TPSA) is 29.5 Å². The van der Waals surface area contributed by atoms with E-state index in [4.69, 9.17) is 4.74 Å². The van der Waals surface area contributed by atoms with Crippen molar-refractivity contribution in [2.24, 2.45) is 0 Å². The molecule has 0 heterocycles. The van der Waals surface area contributed by atoms with Crippen LogP contribution in [0.3, 0.4) is 0 Å². The standard InChI is InChI=1S/C13H19BrO2/c1-8(2)10-5-11(7-15)13(12(14)6-10)16-9(3)4/h5-6,8-9,15H,7H2,1-4H3. The number of hydrogen-bond acceptors (Lipinski definition) is 2. The van der Waals surface area contributed by atoms with Gasteiger partial charge in [0.1, 0.15) is 5.75 Å². The summed E-state index contributed by atoms with van der Waals surface area (Å²) in [5.41, 5.74) is 2.04. The maximum atomic E-state index is 9.36. The molecule has 0 aromatic heterocycles. The summed E-state index contributed by atoms with van der Waals surface area (Å²) in [6.45, 7) is 8.22. The molecule has 0 aliphatic heterocycles. The second-order valence-electron chi connectivity index (χ2n) is 4.47. The minimum absolute atomic E-state index is 0.00120. The summed E-state index contributed by atoms with van der Waals surface area (Å²) in [5.74, 6) is 1.19. The number of aliphatic hydroxyl groups is 1. The summed E-state index contributed by atoms with van der Waals surface area (Å²) in [7, 11) is 0. The number of hydrogen-bond donors (Lipinski definition) is 1. The van der Waals surface area contributed by atoms with E-state index in [0.29, 0.717) is 5.92 Å². The van der Waals surface area contributed by atoms with Crippen molar-refractivity contribution in [1.29, 1.82) is 0 Å². The fraction of sp³-hybridized carbons (Fsp3) is 0.538. The zero-order chi connectivity index (χ0) is 12.3. The third-order valence-electron chi connectivity index (χ3n) is 2.33. The average molecular weight is 287 g/mol. The van der Waals surface area contributed by atoms with Gasteiger partial charge in [-0.3, -0.25) is 0 Å². The van der Waals surface area contributed by atoms with Crippen LogP contribution in [-0.4, -0.2) is 11.2 Å². The van der Waals surface area contributed by atoms with E-state index in [9.17, 15) is 5.11 Å². The third kappa shape index (κ3) is 3.22. The zero-order valence-corrected chi connectivity index (χ0v) is 11.8. The van der Waals surface area contributed by atoms with E-state index < -0.39 is 0 Å². The summed E-state index contributed by atoms with van der Waals surface area (Å²) < 4.78 is 6.61. The molecule has 1 rings (SSSR count). The minimum Gasteiger partial charge on any atom is -0.489 e. The van der Waals surface area contributed by atoms with Crippen molar-refractivity contribution in [3.05, 3.63) is 27.7 Å². The van der Waals surface area contributed by atoms with E-state index in [1.54, 1.807) is 0 Å². The number of aliphatic hydroxyl groups excluding tert-OH is 1. The molecule has 3 heteroatoms. The fourth-order valence-corrected chi connectivity index (χ4v) is 2.10. The summed E-state index contributed by atoms with van der Waals surface area (Å²) >= 11 is 3.50. The van der Waals surface area contributed by atoms with Crippen LogP contribution in [0.25, 0.3) is 0 Å². The van der Waals surface area contributed by atoms with Crippen LogP contribution in [0.1, 0.15) is 44.7 Å². The second-order valence-corrected chi connectivity index (χ2v) is 5.32. The van der Waals surface area contributed by atoms with Crippen LogP contribution in [0.5, 0.6) is 5.75 Å². The Hall–Kier alpha value is -0.540. The van der Waals surface area contributed by atoms with Gasteiger partial charge in [-0.15, -0.1) is 0 Å². The monoisotopic (exact) mass is 286 g/mol. The molecule has 1 N–H and O–H groups in total. The number of ether oxygens (including phenoxy) is 1. The number of rotatable bonds is 4. The first-order valence-corrected chi connectivity index (χ1v) is 6.34. The number of benzene rings is 1. The minimum atomic E-state index is 0.00120. The molecule has 1 aromatic rings. The summed E-state index contributed by atoms with van der Waals surface area (Å²) in [4.78, 5) is 0. The number of halogens is 1. The van der Waals surface area contributed by atoms with Crippen molar-refractivity contribution in [1.82, 2.24) is 0 Å². The van der Waals surface area contributed by atoms with Gasteiger partial charge in [0.05, 0.1) is 17.2 Å². The molecule has 0 atom stereocenters. The van der Waals surface area contributed by atoms with Crippen molar-refractivity contribution in [3.63, 3.8) is 0 Å². The smallest absolute Gasteiger partial charge is 0.139 e. The quantitative estimate of drug-likeness (QED) is 0.911. The lowest BCUT2D eigenvalue weighted by Gasteiger charge is -2.17. The second kappa shape index (κ2) is 5.69. The molecule has 0 radical (unpaired) electrons. The highest BCUT2D eigenvalue weighted by Gasteiger charge is 2.13. The molecule has 0 fully saturated rings. The van der Waals surface area contributed by atoms with Gasteiger partial charge in [0, 0.05) is 5.56 Å². The van der Waals surface area contributed by atoms with E-state index in [0.717, 1.165) is 15.8 Å². The van der Waals surface area contributed by atoms with Crippen LogP contribution >= 0.6 is 15.9 Å². The summed E-state index contributed by atoms with van der Waals surface area (Å²) in [6, 6.07) is 4.06. The van der Waals surface area contributed by atoms with Gasteiger partial charge in [0.25, 0.3) is 0 Å². The Morgan fingerprint density at radius 2 is 1.88 bits per heavy atom.